The fourth-order valence-corrected chi connectivity index (χ4v) is 9.21. The van der Waals surface area contributed by atoms with Crippen LogP contribution in [0.3, 0.4) is 0 Å². The first kappa shape index (κ1) is 31.6. The maximum Gasteiger partial charge on any atom is 0.251 e. The van der Waals surface area contributed by atoms with E-state index in [0.29, 0.717) is 23.0 Å². The second kappa shape index (κ2) is 12.8. The summed E-state index contributed by atoms with van der Waals surface area (Å²) in [6.07, 6.45) is 5.49. The molecular formula is C43H43N7O2. The first-order valence-electron chi connectivity index (χ1n) is 19.0. The summed E-state index contributed by atoms with van der Waals surface area (Å²) < 4.78 is 0. The third-order valence-electron chi connectivity index (χ3n) is 12.4. The maximum absolute atomic E-state index is 13.1. The molecule has 0 radical (unpaired) electrons. The topological polar surface area (TPSA) is 106 Å². The molecule has 6 saturated heterocycles. The van der Waals surface area contributed by atoms with Gasteiger partial charge in [-0.05, 0) is 128 Å². The Morgan fingerprint density at radius 3 is 1.75 bits per heavy atom. The number of fused-ring (bicyclic) bond motifs is 8. The van der Waals surface area contributed by atoms with E-state index in [4.69, 9.17) is 9.98 Å². The molecule has 4 bridgehead atoms. The summed E-state index contributed by atoms with van der Waals surface area (Å²) in [5, 5.41) is 6.59. The van der Waals surface area contributed by atoms with E-state index in [-0.39, 0.29) is 23.9 Å². The fourth-order valence-electron chi connectivity index (χ4n) is 9.21. The zero-order chi connectivity index (χ0) is 34.8. The minimum Gasteiger partial charge on any atom is -0.348 e. The number of imidazole rings is 1. The number of hydrogen-bond donors (Lipinski definition) is 3. The lowest BCUT2D eigenvalue weighted by atomic mass is 9.84. The number of carbonyl (C=O) groups excluding carboxylic acids is 2. The smallest absolute Gasteiger partial charge is 0.251 e. The van der Waals surface area contributed by atoms with Crippen LogP contribution < -0.4 is 10.6 Å². The largest absolute Gasteiger partial charge is 0.348 e. The molecule has 9 nitrogen and oxygen atoms in total. The van der Waals surface area contributed by atoms with Crippen LogP contribution in [-0.2, 0) is 6.42 Å². The summed E-state index contributed by atoms with van der Waals surface area (Å²) in [5.41, 5.74) is 10.6. The van der Waals surface area contributed by atoms with Crippen molar-refractivity contribution in [2.24, 2.45) is 16.8 Å². The molecule has 52 heavy (non-hydrogen) atoms. The highest BCUT2D eigenvalue weighted by Gasteiger charge is 2.36. The maximum atomic E-state index is 13.1. The van der Waals surface area contributed by atoms with Crippen molar-refractivity contribution in [3.8, 4) is 22.5 Å². The highest BCUT2D eigenvalue weighted by Crippen LogP contribution is 2.35. The Hall–Kier alpha value is -5.12. The highest BCUT2D eigenvalue weighted by molar-refractivity contribution is 6.07. The molecule has 0 unspecified atom stereocenters. The predicted molar refractivity (Wildman–Crippen MR) is 204 cm³/mol. The van der Waals surface area contributed by atoms with E-state index < -0.39 is 0 Å². The van der Waals surface area contributed by atoms with Crippen molar-refractivity contribution >= 4 is 34.2 Å². The number of carbonyl (C=O) groups is 2. The Labute approximate surface area is 303 Å². The van der Waals surface area contributed by atoms with Crippen LogP contribution >= 0.6 is 0 Å². The van der Waals surface area contributed by atoms with E-state index in [9.17, 15) is 9.59 Å². The van der Waals surface area contributed by atoms with Gasteiger partial charge in [0.25, 0.3) is 11.8 Å². The third-order valence-corrected chi connectivity index (χ3v) is 12.4. The van der Waals surface area contributed by atoms with Gasteiger partial charge in [-0.3, -0.25) is 14.6 Å². The molecular weight excluding hydrogens is 647 g/mol. The molecule has 7 aliphatic rings. The molecule has 0 spiro atoms. The summed E-state index contributed by atoms with van der Waals surface area (Å²) in [4.78, 5) is 44.4. The number of nitrogens with zero attached hydrogens (tertiary/aromatic N) is 4. The summed E-state index contributed by atoms with van der Waals surface area (Å²) in [5.74, 6) is 2.00. The van der Waals surface area contributed by atoms with Crippen LogP contribution in [0.15, 0.2) is 89.9 Å². The number of nitrogens with one attached hydrogen (secondary N) is 3. The second-order valence-corrected chi connectivity index (χ2v) is 15.5. The fraction of sp³-hybridized carbons (Fsp3) is 0.349. The summed E-state index contributed by atoms with van der Waals surface area (Å²) >= 11 is 0. The lowest BCUT2D eigenvalue weighted by molar-refractivity contribution is 0.0617. The average Bonchev–Trinajstić information content (AvgIpc) is 3.83. The van der Waals surface area contributed by atoms with Gasteiger partial charge in [0.15, 0.2) is 0 Å². The van der Waals surface area contributed by atoms with E-state index in [1.54, 1.807) is 0 Å². The minimum atomic E-state index is 0.00218. The molecule has 2 amide bonds. The Bertz CT molecular complexity index is 2210. The zero-order valence-corrected chi connectivity index (χ0v) is 29.3. The van der Waals surface area contributed by atoms with Gasteiger partial charge in [0, 0.05) is 48.3 Å². The number of rotatable bonds is 7. The van der Waals surface area contributed by atoms with Crippen molar-refractivity contribution in [2.75, 3.05) is 39.3 Å². The molecule has 7 aliphatic heterocycles. The molecule has 5 aromatic rings. The quantitative estimate of drug-likeness (QED) is 0.188. The molecule has 8 heterocycles. The van der Waals surface area contributed by atoms with E-state index in [1.807, 2.05) is 48.5 Å². The molecule has 2 atom stereocenters. The van der Waals surface area contributed by atoms with Crippen LogP contribution in [-0.4, -0.2) is 88.6 Å². The van der Waals surface area contributed by atoms with Gasteiger partial charge in [0.2, 0.25) is 0 Å². The van der Waals surface area contributed by atoms with Gasteiger partial charge in [-0.1, -0.05) is 42.5 Å². The normalized spacial score (nSPS) is 25.9. The summed E-state index contributed by atoms with van der Waals surface area (Å²) in [6.45, 7) is 6.58. The Kier molecular flexibility index (Phi) is 7.80. The van der Waals surface area contributed by atoms with Crippen LogP contribution in [0.1, 0.15) is 57.5 Å². The third kappa shape index (κ3) is 5.91. The number of amides is 2. The summed E-state index contributed by atoms with van der Waals surface area (Å²) in [7, 11) is 0. The molecule has 0 saturated carbocycles. The van der Waals surface area contributed by atoms with Crippen molar-refractivity contribution in [1.29, 1.82) is 0 Å². The SMILES string of the molecule is O=C(N[C@H]1CN2CCC1CC2)c1ccc(C2=Nc3cc(-c4ccc5nc(-c6ccc(C(=O)N[C@H]7CN8CCC7CC8)cc6)[nH]c5c4)ccc3C2)cc1. The Morgan fingerprint density at radius 1 is 0.635 bits per heavy atom. The van der Waals surface area contributed by atoms with E-state index >= 15 is 0 Å². The van der Waals surface area contributed by atoms with Gasteiger partial charge in [-0.15, -0.1) is 0 Å². The number of hydrogen-bond acceptors (Lipinski definition) is 6. The van der Waals surface area contributed by atoms with Crippen LogP contribution in [0.5, 0.6) is 0 Å². The molecule has 1 aromatic heterocycles. The van der Waals surface area contributed by atoms with Gasteiger partial charge < -0.3 is 25.4 Å². The zero-order valence-electron chi connectivity index (χ0n) is 29.3. The minimum absolute atomic E-state index is 0.00218. The molecule has 12 rings (SSSR count). The number of aromatic amines is 1. The molecule has 3 N–H and O–H groups in total. The monoisotopic (exact) mass is 689 g/mol. The summed E-state index contributed by atoms with van der Waals surface area (Å²) in [6, 6.07) is 29.0. The van der Waals surface area contributed by atoms with Crippen LogP contribution in [0.4, 0.5) is 5.69 Å². The van der Waals surface area contributed by atoms with Crippen molar-refractivity contribution in [2.45, 2.75) is 44.2 Å². The lowest BCUT2D eigenvalue weighted by Crippen LogP contribution is -2.57. The van der Waals surface area contributed by atoms with Gasteiger partial charge in [-0.2, -0.15) is 0 Å². The Morgan fingerprint density at radius 2 is 1.17 bits per heavy atom. The van der Waals surface area contributed by atoms with Crippen molar-refractivity contribution < 1.29 is 9.59 Å². The van der Waals surface area contributed by atoms with Crippen molar-refractivity contribution in [3.05, 3.63) is 107 Å². The van der Waals surface area contributed by atoms with E-state index in [1.165, 1.54) is 31.2 Å². The average molecular weight is 690 g/mol. The van der Waals surface area contributed by atoms with E-state index in [0.717, 1.165) is 96.2 Å². The highest BCUT2D eigenvalue weighted by atomic mass is 16.2. The van der Waals surface area contributed by atoms with Gasteiger partial charge in [0.05, 0.1) is 22.4 Å². The number of aromatic nitrogens is 2. The van der Waals surface area contributed by atoms with E-state index in [2.05, 4.69) is 61.8 Å². The van der Waals surface area contributed by atoms with Crippen molar-refractivity contribution in [1.82, 2.24) is 30.4 Å². The van der Waals surface area contributed by atoms with Crippen molar-refractivity contribution in [3.63, 3.8) is 0 Å². The lowest BCUT2D eigenvalue weighted by Gasteiger charge is -2.44. The molecule has 0 aliphatic carbocycles. The first-order chi connectivity index (χ1) is 25.5. The van der Waals surface area contributed by atoms with Crippen LogP contribution in [0.25, 0.3) is 33.5 Å². The van der Waals surface area contributed by atoms with Gasteiger partial charge in [0.1, 0.15) is 5.82 Å². The molecule has 9 heteroatoms. The number of aliphatic imine (C=N–C) groups is 1. The van der Waals surface area contributed by atoms with Gasteiger partial charge in [-0.25, -0.2) is 4.98 Å². The Balaban J connectivity index is 0.812. The second-order valence-electron chi connectivity index (χ2n) is 15.5. The van der Waals surface area contributed by atoms with Crippen LogP contribution in [0.2, 0.25) is 0 Å². The number of piperidine rings is 6. The number of H-pyrrole nitrogens is 1. The van der Waals surface area contributed by atoms with Gasteiger partial charge >= 0.3 is 0 Å². The molecule has 262 valence electrons. The first-order valence-corrected chi connectivity index (χ1v) is 19.0. The number of benzene rings is 4. The van der Waals surface area contributed by atoms with Crippen LogP contribution in [0, 0.1) is 11.8 Å². The molecule has 4 aromatic carbocycles. The molecule has 6 fully saturated rings. The standard InChI is InChI=1S/C43H43N7O2/c51-42(47-39-24-49-17-13-27(39)14-18-49)30-5-1-26(2-6-30)36-23-34-10-9-32(21-37(34)44-36)33-11-12-35-38(22-33)46-41(45-35)29-3-7-31(8-4-29)43(52)48-40-25-50-19-15-28(40)16-20-50/h1-12,21-22,27-28,39-40H,13-20,23-25H2,(H,45,46)(H,47,51)(H,48,52)/t39-,40-/m0/s1. The predicted octanol–water partition coefficient (Wildman–Crippen LogP) is 6.22.